The summed E-state index contributed by atoms with van der Waals surface area (Å²) in [5, 5.41) is 0. The predicted molar refractivity (Wildman–Crippen MR) is 85.0 cm³/mol. The zero-order valence-electron chi connectivity index (χ0n) is 11.0. The fraction of sp³-hybridized carbons (Fsp3) is 0.267. The zero-order chi connectivity index (χ0) is 14.2. The van der Waals surface area contributed by atoms with Gasteiger partial charge in [0.25, 0.3) is 0 Å². The Morgan fingerprint density at radius 1 is 1.42 bits per heavy atom. The van der Waals surface area contributed by atoms with Crippen LogP contribution in [0.2, 0.25) is 0 Å². The van der Waals surface area contributed by atoms with E-state index in [1.165, 1.54) is 4.90 Å². The minimum atomic E-state index is -0.734. The molecule has 0 aromatic heterocycles. The van der Waals surface area contributed by atoms with Gasteiger partial charge >= 0.3 is 6.09 Å². The minimum absolute atomic E-state index is 0.00204. The number of anilines is 1. The normalized spacial score (nSPS) is 24.3. The van der Waals surface area contributed by atoms with Crippen LogP contribution in [0.15, 0.2) is 49.2 Å². The first-order chi connectivity index (χ1) is 8.90. The number of cyclic esters (lactones) is 1. The van der Waals surface area contributed by atoms with Gasteiger partial charge in [-0.05, 0) is 53.8 Å². The molecule has 1 aromatic rings. The number of rotatable bonds is 3. The fourth-order valence-electron chi connectivity index (χ4n) is 2.05. The molecule has 0 N–H and O–H groups in total. The van der Waals surface area contributed by atoms with Crippen molar-refractivity contribution in [2.24, 2.45) is 5.92 Å². The highest BCUT2D eigenvalue weighted by Crippen LogP contribution is 2.41. The molecule has 0 spiro atoms. The first kappa shape index (κ1) is 14.1. The molecule has 1 aromatic carbocycles. The van der Waals surface area contributed by atoms with Gasteiger partial charge in [0.05, 0.1) is 11.4 Å². The van der Waals surface area contributed by atoms with E-state index in [4.69, 9.17) is 4.74 Å². The van der Waals surface area contributed by atoms with Gasteiger partial charge in [0.1, 0.15) is 0 Å². The lowest BCUT2D eigenvalue weighted by Crippen LogP contribution is -2.34. The third-order valence-electron chi connectivity index (χ3n) is 3.63. The van der Waals surface area contributed by atoms with Crippen LogP contribution < -0.4 is 4.90 Å². The van der Waals surface area contributed by atoms with Crippen LogP contribution in [-0.4, -0.2) is 11.7 Å². The van der Waals surface area contributed by atoms with Crippen molar-refractivity contribution < 1.29 is 9.53 Å². The van der Waals surface area contributed by atoms with Gasteiger partial charge in [-0.25, -0.2) is 9.69 Å². The lowest BCUT2D eigenvalue weighted by Gasteiger charge is -2.28. The van der Waals surface area contributed by atoms with Crippen LogP contribution in [-0.2, 0) is 4.74 Å². The summed E-state index contributed by atoms with van der Waals surface area (Å²) < 4.78 is 6.64. The number of carbonyl (C=O) groups excluding carboxylic acids is 1. The molecule has 1 fully saturated rings. The number of ether oxygens (including phenoxy) is 1. The Hall–Kier alpha value is -1.30. The Kier molecular flexibility index (Phi) is 3.71. The summed E-state index contributed by atoms with van der Waals surface area (Å²) in [6.45, 7) is 11.6. The molecule has 2 atom stereocenters. The van der Waals surface area contributed by atoms with E-state index >= 15 is 0 Å². The first-order valence-electron chi connectivity index (χ1n) is 6.00. The molecule has 100 valence electrons. The Morgan fingerprint density at radius 2 is 2.00 bits per heavy atom. The summed E-state index contributed by atoms with van der Waals surface area (Å²) in [6.07, 6.45) is 1.39. The quantitative estimate of drug-likeness (QED) is 0.586. The zero-order valence-corrected chi connectivity index (χ0v) is 13.2. The van der Waals surface area contributed by atoms with Crippen LogP contribution in [0.3, 0.4) is 0 Å². The average Bonchev–Trinajstić information content (AvgIpc) is 2.62. The van der Waals surface area contributed by atoms with Gasteiger partial charge in [-0.2, -0.15) is 0 Å². The minimum Gasteiger partial charge on any atom is -0.436 e. The molecule has 0 radical (unpaired) electrons. The van der Waals surface area contributed by atoms with E-state index in [0.29, 0.717) is 5.70 Å². The van der Waals surface area contributed by atoms with Crippen LogP contribution in [0.4, 0.5) is 10.5 Å². The van der Waals surface area contributed by atoms with E-state index in [2.05, 4.69) is 35.7 Å². The van der Waals surface area contributed by atoms with Gasteiger partial charge < -0.3 is 4.74 Å². The van der Waals surface area contributed by atoms with Gasteiger partial charge in [0.15, 0.2) is 5.60 Å². The highest BCUT2D eigenvalue weighted by molar-refractivity contribution is 14.1. The van der Waals surface area contributed by atoms with Gasteiger partial charge in [-0.15, -0.1) is 6.58 Å². The standard InChI is InChI=1S/C15H16INO2/c1-5-10(2)15(4)11(3)17(14(18)19-15)13-8-6-12(16)7-9-13/h5-10H,1,3H2,2,4H3/t10-,15+/m1/s1. The van der Waals surface area contributed by atoms with Crippen LogP contribution in [0.1, 0.15) is 13.8 Å². The summed E-state index contributed by atoms with van der Waals surface area (Å²) >= 11 is 2.22. The summed E-state index contributed by atoms with van der Waals surface area (Å²) in [5.41, 5.74) is 0.684. The molecule has 0 aliphatic carbocycles. The molecule has 0 bridgehead atoms. The molecule has 1 aliphatic rings. The number of carbonyl (C=O) groups is 1. The van der Waals surface area contributed by atoms with Gasteiger partial charge in [0.2, 0.25) is 0 Å². The average molecular weight is 369 g/mol. The van der Waals surface area contributed by atoms with Crippen molar-refractivity contribution in [2.45, 2.75) is 19.4 Å². The van der Waals surface area contributed by atoms with E-state index < -0.39 is 5.60 Å². The number of halogens is 1. The van der Waals surface area contributed by atoms with Crippen molar-refractivity contribution in [1.82, 2.24) is 0 Å². The highest BCUT2D eigenvalue weighted by atomic mass is 127. The smallest absolute Gasteiger partial charge is 0.419 e. The molecular formula is C15H16INO2. The third kappa shape index (κ3) is 2.29. The Balaban J connectivity index is 2.39. The number of amides is 1. The van der Waals surface area contributed by atoms with Gasteiger partial charge in [-0.1, -0.05) is 19.6 Å². The summed E-state index contributed by atoms with van der Waals surface area (Å²) in [7, 11) is 0. The highest BCUT2D eigenvalue weighted by Gasteiger charge is 2.48. The van der Waals surface area contributed by atoms with Crippen LogP contribution in [0.5, 0.6) is 0 Å². The maximum Gasteiger partial charge on any atom is 0.419 e. The van der Waals surface area contributed by atoms with E-state index in [0.717, 1.165) is 9.26 Å². The number of hydrogen-bond donors (Lipinski definition) is 0. The second-order valence-corrected chi connectivity index (χ2v) is 6.00. The second-order valence-electron chi connectivity index (χ2n) is 4.76. The SMILES string of the molecule is C=C[C@@H](C)[C@]1(C)OC(=O)N(c2ccc(I)cc2)C1=C. The Labute approximate surface area is 127 Å². The molecule has 1 saturated heterocycles. The van der Waals surface area contributed by atoms with Crippen molar-refractivity contribution in [3.8, 4) is 0 Å². The molecule has 1 amide bonds. The number of benzene rings is 1. The largest absolute Gasteiger partial charge is 0.436 e. The maximum atomic E-state index is 12.1. The first-order valence-corrected chi connectivity index (χ1v) is 7.08. The lowest BCUT2D eigenvalue weighted by atomic mass is 9.88. The van der Waals surface area contributed by atoms with E-state index in [9.17, 15) is 4.79 Å². The van der Waals surface area contributed by atoms with E-state index in [1.54, 1.807) is 6.08 Å². The summed E-state index contributed by atoms with van der Waals surface area (Å²) in [6, 6.07) is 7.67. The molecular weight excluding hydrogens is 353 g/mol. The molecule has 4 heteroatoms. The fourth-order valence-corrected chi connectivity index (χ4v) is 2.41. The summed E-state index contributed by atoms with van der Waals surface area (Å²) in [5.74, 6) is -0.00204. The van der Waals surface area contributed by atoms with Crippen molar-refractivity contribution in [1.29, 1.82) is 0 Å². The maximum absolute atomic E-state index is 12.1. The Bertz CT molecular complexity index is 538. The molecule has 1 aliphatic heterocycles. The molecule has 0 saturated carbocycles. The van der Waals surface area contributed by atoms with Crippen LogP contribution >= 0.6 is 22.6 Å². The monoisotopic (exact) mass is 369 g/mol. The third-order valence-corrected chi connectivity index (χ3v) is 4.35. The van der Waals surface area contributed by atoms with Crippen molar-refractivity contribution in [3.63, 3.8) is 0 Å². The van der Waals surface area contributed by atoms with Crippen molar-refractivity contribution in [2.75, 3.05) is 4.90 Å². The van der Waals surface area contributed by atoms with Crippen LogP contribution in [0.25, 0.3) is 0 Å². The van der Waals surface area contributed by atoms with Crippen LogP contribution in [0, 0.1) is 9.49 Å². The second kappa shape index (κ2) is 5.00. The van der Waals surface area contributed by atoms with E-state index in [-0.39, 0.29) is 12.0 Å². The summed E-state index contributed by atoms with van der Waals surface area (Å²) in [4.78, 5) is 13.6. The molecule has 3 nitrogen and oxygen atoms in total. The van der Waals surface area contributed by atoms with E-state index in [1.807, 2.05) is 38.1 Å². The topological polar surface area (TPSA) is 29.5 Å². The number of nitrogens with zero attached hydrogens (tertiary/aromatic N) is 1. The van der Waals surface area contributed by atoms with Gasteiger partial charge in [-0.3, -0.25) is 0 Å². The lowest BCUT2D eigenvalue weighted by molar-refractivity contribution is 0.0589. The molecule has 2 rings (SSSR count). The molecule has 0 unspecified atom stereocenters. The molecule has 19 heavy (non-hydrogen) atoms. The predicted octanol–water partition coefficient (Wildman–Crippen LogP) is 4.34. The van der Waals surface area contributed by atoms with Crippen molar-refractivity contribution >= 4 is 34.4 Å². The van der Waals surface area contributed by atoms with Gasteiger partial charge in [0, 0.05) is 9.49 Å². The van der Waals surface area contributed by atoms with Crippen molar-refractivity contribution in [3.05, 3.63) is 52.8 Å². The molecule has 1 heterocycles. The Morgan fingerprint density at radius 3 is 2.53 bits per heavy atom. The number of hydrogen-bond acceptors (Lipinski definition) is 2.